The van der Waals surface area contributed by atoms with Crippen molar-refractivity contribution in [1.82, 2.24) is 0 Å². The van der Waals surface area contributed by atoms with E-state index in [1.54, 1.807) is 18.3 Å². The number of ketones is 1. The molecule has 0 saturated heterocycles. The Balaban J connectivity index is 1.83. The van der Waals surface area contributed by atoms with E-state index < -0.39 is 8.32 Å². The predicted octanol–water partition coefficient (Wildman–Crippen LogP) is 5.91. The maximum atomic E-state index is 13.0. The first-order valence-electron chi connectivity index (χ1n) is 11.9. The van der Waals surface area contributed by atoms with Crippen LogP contribution in [0.15, 0.2) is 52.8 Å². The maximum absolute atomic E-state index is 13.0. The summed E-state index contributed by atoms with van der Waals surface area (Å²) in [4.78, 5) is 13.0. The number of benzene rings is 1. The number of Topliss-reactive ketones (excluding diaryl/α,β-unsaturated/α-hetero) is 1. The summed E-state index contributed by atoms with van der Waals surface area (Å²) in [5.41, 5.74) is 4.75. The van der Waals surface area contributed by atoms with E-state index in [1.807, 2.05) is 6.07 Å². The molecule has 31 heavy (non-hydrogen) atoms. The smallest absolute Gasteiger partial charge is 0.276 e. The number of allylic oxidation sites excluding steroid dienone is 2. The molecule has 1 aromatic carbocycles. The van der Waals surface area contributed by atoms with Crippen LogP contribution in [-0.2, 0) is 14.0 Å². The second-order valence-corrected chi connectivity index (χ2v) is 14.6. The number of rotatable bonds is 5. The first-order chi connectivity index (χ1) is 14.7. The van der Waals surface area contributed by atoms with Crippen LogP contribution in [0.5, 0.6) is 0 Å². The van der Waals surface area contributed by atoms with E-state index in [2.05, 4.69) is 58.1 Å². The van der Waals surface area contributed by atoms with Crippen LogP contribution >= 0.6 is 0 Å². The highest BCUT2D eigenvalue weighted by atomic mass is 28.4. The third-order valence-electron chi connectivity index (χ3n) is 7.94. The van der Waals surface area contributed by atoms with Gasteiger partial charge in [-0.2, -0.15) is 0 Å². The van der Waals surface area contributed by atoms with Crippen molar-refractivity contribution in [2.45, 2.75) is 78.5 Å². The Hall–Kier alpha value is -1.65. The minimum absolute atomic E-state index is 0.0772. The van der Waals surface area contributed by atoms with Crippen molar-refractivity contribution in [2.24, 2.45) is 17.3 Å². The number of ether oxygens (including phenoxy) is 1. The first-order valence-corrected chi connectivity index (χ1v) is 14.8. The van der Waals surface area contributed by atoms with E-state index in [1.165, 1.54) is 23.6 Å². The van der Waals surface area contributed by atoms with Gasteiger partial charge in [-0.3, -0.25) is 4.79 Å². The molecule has 0 aromatic heterocycles. The van der Waals surface area contributed by atoms with E-state index in [0.29, 0.717) is 18.8 Å². The minimum Gasteiger partial charge on any atom is -0.542 e. The summed E-state index contributed by atoms with van der Waals surface area (Å²) in [6.07, 6.45) is 5.38. The number of methoxy groups -OCH3 is 1. The quantitative estimate of drug-likeness (QED) is 0.423. The normalized spacial score (nSPS) is 29.2. The van der Waals surface area contributed by atoms with Crippen molar-refractivity contribution >= 4 is 19.3 Å². The Bertz CT molecular complexity index is 912. The Morgan fingerprint density at radius 2 is 1.77 bits per heavy atom. The van der Waals surface area contributed by atoms with Gasteiger partial charge in [-0.15, -0.1) is 0 Å². The van der Waals surface area contributed by atoms with Gasteiger partial charge >= 0.3 is 0 Å². The molecular weight excluding hydrogens is 400 g/mol. The number of carbonyl (C=O) groups excluding carboxylic acids is 1. The molecule has 1 saturated carbocycles. The highest BCUT2D eigenvalue weighted by Crippen LogP contribution is 2.59. The lowest BCUT2D eigenvalue weighted by molar-refractivity contribution is -0.121. The molecule has 3 nitrogen and oxygen atoms in total. The van der Waals surface area contributed by atoms with Gasteiger partial charge < -0.3 is 9.16 Å². The third-order valence-corrected chi connectivity index (χ3v) is 10.4. The van der Waals surface area contributed by atoms with Crippen molar-refractivity contribution in [3.8, 4) is 0 Å². The minimum atomic E-state index is -2.19. The van der Waals surface area contributed by atoms with Gasteiger partial charge in [-0.1, -0.05) is 62.2 Å². The van der Waals surface area contributed by atoms with Crippen molar-refractivity contribution in [1.29, 1.82) is 0 Å². The summed E-state index contributed by atoms with van der Waals surface area (Å²) in [6, 6.07) is 10.5. The van der Waals surface area contributed by atoms with Crippen molar-refractivity contribution < 1.29 is 14.0 Å². The lowest BCUT2D eigenvalue weighted by Crippen LogP contribution is -2.45. The highest BCUT2D eigenvalue weighted by Gasteiger charge is 2.50. The Morgan fingerprint density at radius 1 is 1.10 bits per heavy atom. The second-order valence-electron chi connectivity index (χ2n) is 10.8. The van der Waals surface area contributed by atoms with Crippen LogP contribution in [0, 0.1) is 17.3 Å². The Labute approximate surface area is 189 Å². The molecular formula is C27H38O3Si. The SMILES string of the molecule is CO[C@@H]1CC(=O)CC(O[Si](C)(C)c2ccccc2)=C2CCC3(C)CCC(C(C)C)=C3[C@@H]21. The zero-order valence-electron chi connectivity index (χ0n) is 20.1. The summed E-state index contributed by atoms with van der Waals surface area (Å²) in [6.45, 7) is 11.6. The van der Waals surface area contributed by atoms with Crippen molar-refractivity contribution in [3.05, 3.63) is 52.8 Å². The van der Waals surface area contributed by atoms with E-state index in [9.17, 15) is 4.79 Å². The molecule has 4 rings (SSSR count). The molecule has 4 heteroatoms. The summed E-state index contributed by atoms with van der Waals surface area (Å²) in [5.74, 6) is 1.92. The van der Waals surface area contributed by atoms with Gasteiger partial charge in [0.2, 0.25) is 0 Å². The number of hydrogen-bond donors (Lipinski definition) is 0. The Morgan fingerprint density at radius 3 is 2.42 bits per heavy atom. The summed E-state index contributed by atoms with van der Waals surface area (Å²) in [7, 11) is -0.407. The van der Waals surface area contributed by atoms with Crippen LogP contribution < -0.4 is 5.19 Å². The van der Waals surface area contributed by atoms with E-state index in [4.69, 9.17) is 9.16 Å². The van der Waals surface area contributed by atoms with Crippen LogP contribution in [-0.4, -0.2) is 27.3 Å². The van der Waals surface area contributed by atoms with Crippen LogP contribution in [0.2, 0.25) is 13.1 Å². The van der Waals surface area contributed by atoms with Gasteiger partial charge in [0, 0.05) is 19.4 Å². The van der Waals surface area contributed by atoms with E-state index in [-0.39, 0.29) is 23.2 Å². The molecule has 168 valence electrons. The zero-order valence-corrected chi connectivity index (χ0v) is 21.1. The molecule has 3 aliphatic carbocycles. The standard InChI is InChI=1S/C27H38O3Si/c1-18(2)21-12-14-27(3)15-13-22-23(30-31(5,6)20-10-8-7-9-11-20)16-19(28)17-24(29-4)25(22)26(21)27/h7-11,18,24-25H,12-17H2,1-6H3/t24-,25+,27?/m1/s1. The van der Waals surface area contributed by atoms with Gasteiger partial charge in [0.05, 0.1) is 18.3 Å². The lowest BCUT2D eigenvalue weighted by atomic mass is 9.63. The third kappa shape index (κ3) is 4.09. The maximum Gasteiger partial charge on any atom is 0.276 e. The summed E-state index contributed by atoms with van der Waals surface area (Å²) < 4.78 is 12.9. The van der Waals surface area contributed by atoms with E-state index >= 15 is 0 Å². The van der Waals surface area contributed by atoms with Crippen molar-refractivity contribution in [2.75, 3.05) is 7.11 Å². The topological polar surface area (TPSA) is 35.5 Å². The van der Waals surface area contributed by atoms with Gasteiger partial charge in [0.1, 0.15) is 5.78 Å². The first kappa shape index (κ1) is 22.5. The fourth-order valence-corrected chi connectivity index (χ4v) is 8.13. The van der Waals surface area contributed by atoms with Gasteiger partial charge in [0.15, 0.2) is 0 Å². The molecule has 0 heterocycles. The average molecular weight is 439 g/mol. The molecule has 0 radical (unpaired) electrons. The van der Waals surface area contributed by atoms with Gasteiger partial charge in [-0.25, -0.2) is 0 Å². The molecule has 1 fully saturated rings. The molecule has 0 amide bonds. The second kappa shape index (κ2) is 8.36. The summed E-state index contributed by atoms with van der Waals surface area (Å²) >= 11 is 0. The largest absolute Gasteiger partial charge is 0.542 e. The molecule has 3 aliphatic rings. The highest BCUT2D eigenvalue weighted by molar-refractivity contribution is 6.84. The monoisotopic (exact) mass is 438 g/mol. The molecule has 0 spiro atoms. The fourth-order valence-electron chi connectivity index (χ4n) is 6.20. The Kier molecular flexibility index (Phi) is 6.08. The number of carbonyl (C=O) groups is 1. The molecule has 0 N–H and O–H groups in total. The molecule has 1 aromatic rings. The average Bonchev–Trinajstić information content (AvgIpc) is 3.02. The lowest BCUT2D eigenvalue weighted by Gasteiger charge is -2.44. The molecule has 1 unspecified atom stereocenters. The van der Waals surface area contributed by atoms with Crippen LogP contribution in [0.3, 0.4) is 0 Å². The van der Waals surface area contributed by atoms with Gasteiger partial charge in [-0.05, 0) is 60.9 Å². The molecule has 3 atom stereocenters. The fraction of sp³-hybridized carbons (Fsp3) is 0.593. The van der Waals surface area contributed by atoms with Crippen LogP contribution in [0.1, 0.15) is 59.3 Å². The molecule has 0 aliphatic heterocycles. The van der Waals surface area contributed by atoms with Crippen LogP contribution in [0.25, 0.3) is 0 Å². The zero-order chi connectivity index (χ0) is 22.4. The number of hydrogen-bond acceptors (Lipinski definition) is 3. The van der Waals surface area contributed by atoms with E-state index in [0.717, 1.165) is 18.6 Å². The van der Waals surface area contributed by atoms with Crippen LogP contribution in [0.4, 0.5) is 0 Å². The molecule has 0 bridgehead atoms. The predicted molar refractivity (Wildman–Crippen MR) is 129 cm³/mol. The number of fused-ring (bicyclic) bond motifs is 3. The summed E-state index contributed by atoms with van der Waals surface area (Å²) in [5, 5.41) is 1.27. The van der Waals surface area contributed by atoms with Crippen molar-refractivity contribution in [3.63, 3.8) is 0 Å². The van der Waals surface area contributed by atoms with Gasteiger partial charge in [0.25, 0.3) is 8.32 Å².